The van der Waals surface area contributed by atoms with Crippen molar-refractivity contribution >= 4 is 23.2 Å². The van der Waals surface area contributed by atoms with Crippen LogP contribution in [0.5, 0.6) is 0 Å². The van der Waals surface area contributed by atoms with E-state index in [1.807, 2.05) is 50.4 Å². The number of aromatic nitrogens is 1. The lowest BCUT2D eigenvalue weighted by Crippen LogP contribution is -2.31. The first-order valence-corrected chi connectivity index (χ1v) is 8.25. The third-order valence-corrected chi connectivity index (χ3v) is 4.21. The maximum Gasteiger partial charge on any atom is 0.312 e. The lowest BCUT2D eigenvalue weighted by atomic mass is 10.0. The molecular weight excluding hydrogens is 312 g/mol. The van der Waals surface area contributed by atoms with Crippen LogP contribution in [0.2, 0.25) is 0 Å². The zero-order valence-electron chi connectivity index (χ0n) is 13.5. The molecule has 0 spiro atoms. The topological polar surface area (TPSA) is 68.3 Å². The average molecular weight is 332 g/mol. The minimum Gasteiger partial charge on any atom is -0.455 e. The molecule has 0 aliphatic heterocycles. The fourth-order valence-corrected chi connectivity index (χ4v) is 2.88. The normalized spacial score (nSPS) is 11.8. The molecule has 6 heteroatoms. The maximum atomic E-state index is 11.9. The van der Waals surface area contributed by atoms with Crippen LogP contribution < -0.4 is 5.32 Å². The van der Waals surface area contributed by atoms with Gasteiger partial charge in [0, 0.05) is 5.38 Å². The fourth-order valence-electron chi connectivity index (χ4n) is 2.27. The first-order chi connectivity index (χ1) is 11.0. The number of nitrogens with zero attached hydrogens (tertiary/aromatic N) is 1. The van der Waals surface area contributed by atoms with Gasteiger partial charge in [0.05, 0.1) is 23.2 Å². The van der Waals surface area contributed by atoms with E-state index in [9.17, 15) is 9.59 Å². The molecule has 2 aromatic rings. The summed E-state index contributed by atoms with van der Waals surface area (Å²) in [7, 11) is 0. The number of thiazole rings is 1. The number of rotatable bonds is 6. The van der Waals surface area contributed by atoms with E-state index < -0.39 is 5.97 Å². The van der Waals surface area contributed by atoms with Crippen molar-refractivity contribution in [1.82, 2.24) is 10.3 Å². The van der Waals surface area contributed by atoms with Gasteiger partial charge >= 0.3 is 5.97 Å². The van der Waals surface area contributed by atoms with E-state index in [0.717, 1.165) is 16.1 Å². The van der Waals surface area contributed by atoms with Crippen molar-refractivity contribution < 1.29 is 14.3 Å². The molecule has 0 saturated heterocycles. The molecule has 1 unspecified atom stereocenters. The van der Waals surface area contributed by atoms with Crippen LogP contribution in [-0.4, -0.2) is 23.5 Å². The Balaban J connectivity index is 1.78. The number of esters is 1. The van der Waals surface area contributed by atoms with Gasteiger partial charge in [-0.25, -0.2) is 4.98 Å². The van der Waals surface area contributed by atoms with Crippen LogP contribution in [-0.2, 0) is 20.7 Å². The Hall–Kier alpha value is -2.21. The lowest BCUT2D eigenvalue weighted by Gasteiger charge is -2.16. The molecule has 23 heavy (non-hydrogen) atoms. The van der Waals surface area contributed by atoms with Gasteiger partial charge in [-0.3, -0.25) is 9.59 Å². The summed E-state index contributed by atoms with van der Waals surface area (Å²) in [6, 6.07) is 7.71. The van der Waals surface area contributed by atoms with Gasteiger partial charge < -0.3 is 10.1 Å². The number of carbonyl (C=O) groups is 2. The number of hydrogen-bond acceptors (Lipinski definition) is 5. The van der Waals surface area contributed by atoms with Crippen molar-refractivity contribution in [3.8, 4) is 0 Å². The molecule has 0 bridgehead atoms. The number of carbonyl (C=O) groups excluding carboxylic acids is 2. The van der Waals surface area contributed by atoms with E-state index in [0.29, 0.717) is 5.69 Å². The monoisotopic (exact) mass is 332 g/mol. The van der Waals surface area contributed by atoms with Crippen LogP contribution in [0, 0.1) is 13.8 Å². The Labute approximate surface area is 139 Å². The summed E-state index contributed by atoms with van der Waals surface area (Å²) in [6.45, 7) is 5.49. The van der Waals surface area contributed by atoms with E-state index in [2.05, 4.69) is 10.3 Å². The van der Waals surface area contributed by atoms with Crippen LogP contribution >= 0.6 is 11.3 Å². The Morgan fingerprint density at radius 1 is 1.30 bits per heavy atom. The largest absolute Gasteiger partial charge is 0.455 e. The first kappa shape index (κ1) is 17.1. The van der Waals surface area contributed by atoms with E-state index in [-0.39, 0.29) is 25.0 Å². The molecule has 2 rings (SSSR count). The smallest absolute Gasteiger partial charge is 0.312 e. The summed E-state index contributed by atoms with van der Waals surface area (Å²) in [5.41, 5.74) is 2.83. The van der Waals surface area contributed by atoms with E-state index in [4.69, 9.17) is 4.74 Å². The number of nitrogens with one attached hydrogen (secondary N) is 1. The quantitative estimate of drug-likeness (QED) is 0.826. The van der Waals surface area contributed by atoms with Crippen molar-refractivity contribution in [2.24, 2.45) is 0 Å². The zero-order valence-corrected chi connectivity index (χ0v) is 14.3. The number of amides is 1. The van der Waals surface area contributed by atoms with Gasteiger partial charge in [-0.1, -0.05) is 24.3 Å². The second-order valence-corrected chi connectivity index (χ2v) is 6.40. The number of ether oxygens (including phenoxy) is 1. The van der Waals surface area contributed by atoms with Gasteiger partial charge in [-0.05, 0) is 31.9 Å². The summed E-state index contributed by atoms with van der Waals surface area (Å²) in [5, 5.41) is 5.55. The third-order valence-electron chi connectivity index (χ3n) is 3.39. The highest BCUT2D eigenvalue weighted by molar-refractivity contribution is 7.09. The van der Waals surface area contributed by atoms with Gasteiger partial charge in [0.15, 0.2) is 6.61 Å². The van der Waals surface area contributed by atoms with Gasteiger partial charge in [0.1, 0.15) is 0 Å². The fraction of sp³-hybridized carbons (Fsp3) is 0.353. The zero-order chi connectivity index (χ0) is 16.8. The third kappa shape index (κ3) is 5.17. The van der Waals surface area contributed by atoms with E-state index >= 15 is 0 Å². The predicted molar refractivity (Wildman–Crippen MR) is 89.3 cm³/mol. The minimum absolute atomic E-state index is 0.0883. The second-order valence-electron chi connectivity index (χ2n) is 5.34. The van der Waals surface area contributed by atoms with Crippen LogP contribution in [0.15, 0.2) is 29.6 Å². The Morgan fingerprint density at radius 3 is 2.70 bits per heavy atom. The molecule has 0 saturated carbocycles. The van der Waals surface area contributed by atoms with Crippen molar-refractivity contribution in [2.45, 2.75) is 33.2 Å². The van der Waals surface area contributed by atoms with Gasteiger partial charge in [-0.15, -0.1) is 11.3 Å². The molecule has 1 atom stereocenters. The summed E-state index contributed by atoms with van der Waals surface area (Å²) >= 11 is 1.48. The molecule has 1 aromatic heterocycles. The summed E-state index contributed by atoms with van der Waals surface area (Å²) in [4.78, 5) is 27.8. The predicted octanol–water partition coefficient (Wildman–Crippen LogP) is 2.72. The number of benzene rings is 1. The van der Waals surface area contributed by atoms with Crippen LogP contribution in [0.3, 0.4) is 0 Å². The first-order valence-electron chi connectivity index (χ1n) is 7.37. The molecule has 1 aromatic carbocycles. The molecule has 5 nitrogen and oxygen atoms in total. The molecule has 1 N–H and O–H groups in total. The SMILES string of the molecule is Cc1nc(CC(=O)OCC(=O)NC(C)c2ccccc2C)cs1. The van der Waals surface area contributed by atoms with Crippen molar-refractivity contribution in [3.05, 3.63) is 51.5 Å². The highest BCUT2D eigenvalue weighted by atomic mass is 32.1. The van der Waals surface area contributed by atoms with E-state index in [1.54, 1.807) is 0 Å². The number of aryl methyl sites for hydroxylation is 2. The number of hydrogen-bond donors (Lipinski definition) is 1. The lowest BCUT2D eigenvalue weighted by molar-refractivity contribution is -0.148. The standard InChI is InChI=1S/C17H20N2O3S/c1-11-6-4-5-7-15(11)12(2)18-16(20)9-22-17(21)8-14-10-23-13(3)19-14/h4-7,10,12H,8-9H2,1-3H3,(H,18,20). The molecular formula is C17H20N2O3S. The van der Waals surface area contributed by atoms with Gasteiger partial charge in [0.25, 0.3) is 5.91 Å². The highest BCUT2D eigenvalue weighted by Crippen LogP contribution is 2.16. The van der Waals surface area contributed by atoms with Crippen molar-refractivity contribution in [3.63, 3.8) is 0 Å². The summed E-state index contributed by atoms with van der Waals surface area (Å²) in [5.74, 6) is -0.766. The molecule has 1 heterocycles. The van der Waals surface area contributed by atoms with Crippen molar-refractivity contribution in [1.29, 1.82) is 0 Å². The maximum absolute atomic E-state index is 11.9. The minimum atomic E-state index is -0.450. The molecule has 0 radical (unpaired) electrons. The highest BCUT2D eigenvalue weighted by Gasteiger charge is 2.14. The molecule has 0 fully saturated rings. The van der Waals surface area contributed by atoms with E-state index in [1.165, 1.54) is 11.3 Å². The van der Waals surface area contributed by atoms with Crippen LogP contribution in [0.1, 0.15) is 34.8 Å². The Kier molecular flexibility index (Phi) is 5.87. The molecule has 0 aliphatic carbocycles. The Morgan fingerprint density at radius 2 is 2.04 bits per heavy atom. The van der Waals surface area contributed by atoms with Crippen molar-refractivity contribution in [2.75, 3.05) is 6.61 Å². The molecule has 1 amide bonds. The molecule has 122 valence electrons. The molecule has 0 aliphatic rings. The second kappa shape index (κ2) is 7.87. The van der Waals surface area contributed by atoms with Crippen LogP contribution in [0.4, 0.5) is 0 Å². The average Bonchev–Trinajstić information content (AvgIpc) is 2.90. The summed E-state index contributed by atoms with van der Waals surface area (Å²) < 4.78 is 5.00. The van der Waals surface area contributed by atoms with Crippen LogP contribution in [0.25, 0.3) is 0 Å². The summed E-state index contributed by atoms with van der Waals surface area (Å²) in [6.07, 6.45) is 0.0883. The van der Waals surface area contributed by atoms with Gasteiger partial charge in [0.2, 0.25) is 0 Å². The van der Waals surface area contributed by atoms with Gasteiger partial charge in [-0.2, -0.15) is 0 Å². The Bertz CT molecular complexity index is 697.